The summed E-state index contributed by atoms with van der Waals surface area (Å²) in [5, 5.41) is 0. The molecule has 0 aromatic heterocycles. The third-order valence-corrected chi connectivity index (χ3v) is 4.84. The highest BCUT2D eigenvalue weighted by Crippen LogP contribution is 2.77. The zero-order valence-corrected chi connectivity index (χ0v) is 8.93. The molecule has 0 spiro atoms. The maximum absolute atomic E-state index is 2.35. The van der Waals surface area contributed by atoms with Crippen LogP contribution in [0, 0.1) is 5.92 Å². The fourth-order valence-electron chi connectivity index (χ4n) is 4.33. The van der Waals surface area contributed by atoms with E-state index in [1.807, 2.05) is 0 Å². The summed E-state index contributed by atoms with van der Waals surface area (Å²) >= 11 is 0. The molecule has 3 aliphatic carbocycles. The Bertz CT molecular complexity index is 557. The molecule has 1 fully saturated rings. The molecule has 5 rings (SSSR count). The average Bonchev–Trinajstić information content (AvgIpc) is 2.88. The van der Waals surface area contributed by atoms with Gasteiger partial charge in [0.05, 0.1) is 0 Å². The lowest BCUT2D eigenvalue weighted by Gasteiger charge is -2.10. The van der Waals surface area contributed by atoms with Gasteiger partial charge in [-0.3, -0.25) is 0 Å². The van der Waals surface area contributed by atoms with Crippen LogP contribution in [0.5, 0.6) is 0 Å². The quantitative estimate of drug-likeness (QED) is 0.614. The summed E-state index contributed by atoms with van der Waals surface area (Å²) in [6.45, 7) is 0. The Labute approximate surface area is 94.9 Å². The second-order valence-electron chi connectivity index (χ2n) is 5.36. The van der Waals surface area contributed by atoms with Crippen molar-refractivity contribution in [1.29, 1.82) is 0 Å². The van der Waals surface area contributed by atoms with E-state index < -0.39 is 0 Å². The molecule has 3 aliphatic rings. The molecule has 2 atom stereocenters. The maximum Gasteiger partial charge on any atom is 0.0135 e. The number of rotatable bonds is 0. The second-order valence-corrected chi connectivity index (χ2v) is 5.36. The van der Waals surface area contributed by atoms with Gasteiger partial charge >= 0.3 is 0 Å². The highest BCUT2D eigenvalue weighted by Gasteiger charge is 2.66. The van der Waals surface area contributed by atoms with Gasteiger partial charge in [0.1, 0.15) is 0 Å². The first-order valence-electron chi connectivity index (χ1n) is 6.14. The van der Waals surface area contributed by atoms with E-state index in [1.54, 1.807) is 22.3 Å². The van der Waals surface area contributed by atoms with Crippen LogP contribution in [-0.4, -0.2) is 0 Å². The van der Waals surface area contributed by atoms with Crippen LogP contribution in [0.2, 0.25) is 0 Å². The predicted octanol–water partition coefficient (Wildman–Crippen LogP) is 3.64. The van der Waals surface area contributed by atoms with Crippen LogP contribution in [-0.2, 0) is 0 Å². The molecular formula is C16H12. The highest BCUT2D eigenvalue weighted by molar-refractivity contribution is 5.63. The normalized spacial score (nSPS) is 35.5. The van der Waals surface area contributed by atoms with Gasteiger partial charge in [0, 0.05) is 5.92 Å². The molecule has 2 aromatic rings. The fraction of sp³-hybridized carbons (Fsp3) is 0.250. The van der Waals surface area contributed by atoms with Gasteiger partial charge in [-0.25, -0.2) is 0 Å². The van der Waals surface area contributed by atoms with Crippen molar-refractivity contribution in [3.05, 3.63) is 70.8 Å². The lowest BCUT2D eigenvalue weighted by Crippen LogP contribution is -1.96. The third kappa shape index (κ3) is 0.640. The van der Waals surface area contributed by atoms with E-state index in [-0.39, 0.29) is 0 Å². The van der Waals surface area contributed by atoms with Crippen LogP contribution >= 0.6 is 0 Å². The van der Waals surface area contributed by atoms with Crippen LogP contribution in [0.15, 0.2) is 48.5 Å². The molecule has 2 aromatic carbocycles. The lowest BCUT2D eigenvalue weighted by atomic mass is 9.93. The predicted molar refractivity (Wildman–Crippen MR) is 63.7 cm³/mol. The highest BCUT2D eigenvalue weighted by atomic mass is 14.7. The Morgan fingerprint density at radius 3 is 1.50 bits per heavy atom. The molecule has 0 nitrogen and oxygen atoms in total. The van der Waals surface area contributed by atoms with Crippen molar-refractivity contribution in [1.82, 2.24) is 0 Å². The van der Waals surface area contributed by atoms with Gasteiger partial charge < -0.3 is 0 Å². The van der Waals surface area contributed by atoms with E-state index in [9.17, 15) is 0 Å². The largest absolute Gasteiger partial charge is 0.0620 e. The maximum atomic E-state index is 2.35. The Kier molecular flexibility index (Phi) is 1.08. The monoisotopic (exact) mass is 204 g/mol. The summed E-state index contributed by atoms with van der Waals surface area (Å²) in [6.07, 6.45) is 0. The zero-order valence-electron chi connectivity index (χ0n) is 8.93. The van der Waals surface area contributed by atoms with Gasteiger partial charge in [-0.05, 0) is 40.0 Å². The summed E-state index contributed by atoms with van der Waals surface area (Å²) < 4.78 is 0. The molecule has 0 heteroatoms. The van der Waals surface area contributed by atoms with Gasteiger partial charge in [0.25, 0.3) is 0 Å². The van der Waals surface area contributed by atoms with Crippen molar-refractivity contribution in [2.45, 2.75) is 17.8 Å². The van der Waals surface area contributed by atoms with Crippen LogP contribution in [0.3, 0.4) is 0 Å². The van der Waals surface area contributed by atoms with Gasteiger partial charge in [-0.15, -0.1) is 0 Å². The lowest BCUT2D eigenvalue weighted by molar-refractivity contribution is 0.750. The first-order chi connectivity index (χ1) is 7.97. The Morgan fingerprint density at radius 1 is 0.562 bits per heavy atom. The Balaban J connectivity index is 1.85. The Morgan fingerprint density at radius 2 is 1.00 bits per heavy atom. The SMILES string of the molecule is c1ccc2c(c1)C1c3ccccc3[C@@H]3C1[C@@H]23. The van der Waals surface area contributed by atoms with Crippen molar-refractivity contribution in [2.24, 2.45) is 5.92 Å². The van der Waals surface area contributed by atoms with Gasteiger partial charge in [-0.2, -0.15) is 0 Å². The van der Waals surface area contributed by atoms with Crippen molar-refractivity contribution < 1.29 is 0 Å². The summed E-state index contributed by atoms with van der Waals surface area (Å²) in [4.78, 5) is 0. The van der Waals surface area contributed by atoms with E-state index >= 15 is 0 Å². The molecule has 0 aliphatic heterocycles. The first-order valence-corrected chi connectivity index (χ1v) is 6.14. The number of hydrogen-bond donors (Lipinski definition) is 0. The fourth-order valence-corrected chi connectivity index (χ4v) is 4.33. The van der Waals surface area contributed by atoms with Gasteiger partial charge in [0.2, 0.25) is 0 Å². The van der Waals surface area contributed by atoms with Crippen molar-refractivity contribution in [2.75, 3.05) is 0 Å². The molecule has 0 saturated heterocycles. The molecule has 76 valence electrons. The van der Waals surface area contributed by atoms with E-state index in [4.69, 9.17) is 0 Å². The number of hydrogen-bond acceptors (Lipinski definition) is 0. The molecule has 0 N–H and O–H groups in total. The topological polar surface area (TPSA) is 0 Å². The van der Waals surface area contributed by atoms with E-state index in [1.165, 1.54) is 0 Å². The van der Waals surface area contributed by atoms with E-state index in [0.29, 0.717) is 0 Å². The standard InChI is InChI=1S/C16H12/c1-3-7-11-9(5-1)13-10-6-2-4-8-12(10)15-14(11)16(13)15/h1-8,13-16H/t13?,14-,15-,16?/m0/s1. The van der Waals surface area contributed by atoms with Crippen LogP contribution in [0.25, 0.3) is 0 Å². The molecule has 0 bridgehead atoms. The summed E-state index contributed by atoms with van der Waals surface area (Å²) in [5.74, 6) is 3.35. The van der Waals surface area contributed by atoms with Crippen LogP contribution in [0.4, 0.5) is 0 Å². The minimum absolute atomic E-state index is 0.724. The van der Waals surface area contributed by atoms with E-state index in [2.05, 4.69) is 48.5 Å². The van der Waals surface area contributed by atoms with Crippen LogP contribution in [0.1, 0.15) is 40.0 Å². The van der Waals surface area contributed by atoms with Crippen molar-refractivity contribution in [3.8, 4) is 0 Å². The summed E-state index contributed by atoms with van der Waals surface area (Å²) in [7, 11) is 0. The first kappa shape index (κ1) is 7.67. The van der Waals surface area contributed by atoms with Crippen LogP contribution < -0.4 is 0 Å². The van der Waals surface area contributed by atoms with Crippen molar-refractivity contribution >= 4 is 0 Å². The molecular weight excluding hydrogens is 192 g/mol. The Hall–Kier alpha value is -1.56. The molecule has 16 heavy (non-hydrogen) atoms. The summed E-state index contributed by atoms with van der Waals surface area (Å²) in [6, 6.07) is 18.2. The molecule has 0 amide bonds. The number of fused-ring (bicyclic) bond motifs is 7. The average molecular weight is 204 g/mol. The number of benzene rings is 2. The third-order valence-electron chi connectivity index (χ3n) is 4.84. The van der Waals surface area contributed by atoms with E-state index in [0.717, 1.165) is 23.7 Å². The second kappa shape index (κ2) is 2.24. The van der Waals surface area contributed by atoms with Gasteiger partial charge in [0.15, 0.2) is 0 Å². The summed E-state index contributed by atoms with van der Waals surface area (Å²) in [5.41, 5.74) is 6.50. The minimum atomic E-state index is 0.724. The van der Waals surface area contributed by atoms with Gasteiger partial charge in [-0.1, -0.05) is 48.5 Å². The smallest absolute Gasteiger partial charge is 0.0135 e. The molecule has 0 unspecified atom stereocenters. The molecule has 0 radical (unpaired) electrons. The molecule has 0 heterocycles. The zero-order chi connectivity index (χ0) is 10.3. The minimum Gasteiger partial charge on any atom is -0.0620 e. The molecule has 1 saturated carbocycles. The van der Waals surface area contributed by atoms with Crippen molar-refractivity contribution in [3.63, 3.8) is 0 Å².